The molecule has 0 saturated carbocycles. The van der Waals surface area contributed by atoms with E-state index in [1.54, 1.807) is 0 Å². The van der Waals surface area contributed by atoms with Crippen molar-refractivity contribution in [2.45, 2.75) is 63.8 Å². The van der Waals surface area contributed by atoms with Gasteiger partial charge < -0.3 is 13.6 Å². The monoisotopic (exact) mass is 303 g/mol. The van der Waals surface area contributed by atoms with Gasteiger partial charge in [0.15, 0.2) is 0 Å². The molecule has 0 aromatic carbocycles. The number of likely N-dealkylation sites (N-methyl/N-ethyl adjacent to an activating group) is 1. The van der Waals surface area contributed by atoms with E-state index in [1.807, 2.05) is 21.3 Å². The molecule has 20 heavy (non-hydrogen) atoms. The van der Waals surface area contributed by atoms with E-state index < -0.39 is 8.56 Å². The average molecular weight is 304 g/mol. The van der Waals surface area contributed by atoms with Gasteiger partial charge in [0.05, 0.1) is 0 Å². The Morgan fingerprint density at radius 1 is 1.10 bits per heavy atom. The van der Waals surface area contributed by atoms with Gasteiger partial charge in [0.2, 0.25) is 0 Å². The summed E-state index contributed by atoms with van der Waals surface area (Å²) in [7, 11) is 3.11. The van der Waals surface area contributed by atoms with Gasteiger partial charge in [0.1, 0.15) is 5.22 Å². The SMILES string of the molecule is CCCC1(OC)C(N(CC)CC)CCC[Si]1(OC)OC. The summed E-state index contributed by atoms with van der Waals surface area (Å²) in [6.07, 6.45) is 4.45. The molecule has 0 spiro atoms. The van der Waals surface area contributed by atoms with Crippen LogP contribution in [-0.4, -0.2) is 59.1 Å². The summed E-state index contributed by atoms with van der Waals surface area (Å²) in [6, 6.07) is 1.44. The zero-order valence-corrected chi connectivity index (χ0v) is 15.2. The summed E-state index contributed by atoms with van der Waals surface area (Å²) < 4.78 is 18.2. The quantitative estimate of drug-likeness (QED) is 0.645. The normalized spacial score (nSPS) is 29.9. The van der Waals surface area contributed by atoms with E-state index in [1.165, 1.54) is 12.8 Å². The van der Waals surface area contributed by atoms with Crippen LogP contribution in [0.4, 0.5) is 0 Å². The van der Waals surface area contributed by atoms with Crippen LogP contribution in [0.15, 0.2) is 0 Å². The van der Waals surface area contributed by atoms with Crippen molar-refractivity contribution < 1.29 is 13.6 Å². The van der Waals surface area contributed by atoms with Crippen molar-refractivity contribution in [1.29, 1.82) is 0 Å². The van der Waals surface area contributed by atoms with Crippen LogP contribution in [0.25, 0.3) is 0 Å². The molecule has 4 nitrogen and oxygen atoms in total. The third-order valence-electron chi connectivity index (χ3n) is 5.06. The van der Waals surface area contributed by atoms with Crippen LogP contribution >= 0.6 is 0 Å². The Bertz CT molecular complexity index is 282. The topological polar surface area (TPSA) is 30.9 Å². The first-order chi connectivity index (χ1) is 9.61. The molecule has 0 aliphatic carbocycles. The van der Waals surface area contributed by atoms with Crippen molar-refractivity contribution in [2.24, 2.45) is 0 Å². The zero-order valence-electron chi connectivity index (χ0n) is 14.2. The smallest absolute Gasteiger partial charge is 0.372 e. The molecule has 2 unspecified atom stereocenters. The zero-order chi connectivity index (χ0) is 15.2. The van der Waals surface area contributed by atoms with Crippen molar-refractivity contribution in [3.63, 3.8) is 0 Å². The predicted molar refractivity (Wildman–Crippen MR) is 85.2 cm³/mol. The van der Waals surface area contributed by atoms with Crippen molar-refractivity contribution in [3.8, 4) is 0 Å². The Kier molecular flexibility index (Phi) is 7.15. The molecule has 1 aliphatic rings. The van der Waals surface area contributed by atoms with Crippen molar-refractivity contribution in [3.05, 3.63) is 0 Å². The summed E-state index contributed by atoms with van der Waals surface area (Å²) >= 11 is 0. The van der Waals surface area contributed by atoms with E-state index >= 15 is 0 Å². The fraction of sp³-hybridized carbons (Fsp3) is 1.00. The molecule has 1 fully saturated rings. The first-order valence-electron chi connectivity index (χ1n) is 8.00. The third-order valence-corrected chi connectivity index (χ3v) is 9.47. The van der Waals surface area contributed by atoms with Crippen LogP contribution in [-0.2, 0) is 13.6 Å². The molecule has 0 amide bonds. The molecule has 1 rings (SSSR count). The molecule has 120 valence electrons. The highest BCUT2D eigenvalue weighted by molar-refractivity contribution is 6.71. The molecule has 1 saturated heterocycles. The van der Waals surface area contributed by atoms with E-state index in [9.17, 15) is 0 Å². The van der Waals surface area contributed by atoms with E-state index in [4.69, 9.17) is 13.6 Å². The predicted octanol–water partition coefficient (Wildman–Crippen LogP) is 2.95. The van der Waals surface area contributed by atoms with Crippen molar-refractivity contribution in [1.82, 2.24) is 4.90 Å². The molecule has 0 N–H and O–H groups in total. The fourth-order valence-electron chi connectivity index (χ4n) is 4.12. The molecule has 5 heteroatoms. The van der Waals surface area contributed by atoms with Crippen LogP contribution in [0.2, 0.25) is 6.04 Å². The molecule has 1 heterocycles. The largest absolute Gasteiger partial charge is 0.396 e. The Morgan fingerprint density at radius 2 is 1.70 bits per heavy atom. The van der Waals surface area contributed by atoms with Gasteiger partial charge >= 0.3 is 8.56 Å². The van der Waals surface area contributed by atoms with E-state index in [0.717, 1.165) is 32.0 Å². The van der Waals surface area contributed by atoms with Crippen LogP contribution in [0.5, 0.6) is 0 Å². The van der Waals surface area contributed by atoms with Crippen LogP contribution < -0.4 is 0 Å². The summed E-state index contributed by atoms with van der Waals surface area (Å²) in [5, 5.41) is -0.254. The maximum Gasteiger partial charge on any atom is 0.372 e. The van der Waals surface area contributed by atoms with Gasteiger partial charge in [0, 0.05) is 27.4 Å². The van der Waals surface area contributed by atoms with Gasteiger partial charge in [-0.1, -0.05) is 27.2 Å². The Balaban J connectivity index is 3.26. The highest BCUT2D eigenvalue weighted by Crippen LogP contribution is 2.45. The first kappa shape index (κ1) is 18.1. The van der Waals surface area contributed by atoms with Crippen molar-refractivity contribution >= 4 is 8.56 Å². The van der Waals surface area contributed by atoms with Gasteiger partial charge in [-0.25, -0.2) is 0 Å². The lowest BCUT2D eigenvalue weighted by atomic mass is 9.97. The lowest BCUT2D eigenvalue weighted by Gasteiger charge is -2.55. The Morgan fingerprint density at radius 3 is 2.10 bits per heavy atom. The number of hydrogen-bond acceptors (Lipinski definition) is 4. The molecule has 2 atom stereocenters. The maximum atomic E-state index is 6.18. The molecular weight excluding hydrogens is 270 g/mol. The van der Waals surface area contributed by atoms with Gasteiger partial charge in [0.25, 0.3) is 0 Å². The van der Waals surface area contributed by atoms with Gasteiger partial charge in [-0.3, -0.25) is 4.90 Å². The standard InChI is InChI=1S/C15H33NO3Si/c1-7-12-15(17-4)14(16(8-2)9-3)11-10-13-20(15,18-5)19-6/h14H,7-13H2,1-6H3. The highest BCUT2D eigenvalue weighted by atomic mass is 28.4. The number of nitrogens with zero attached hydrogens (tertiary/aromatic N) is 1. The minimum atomic E-state index is -2.35. The molecule has 1 aliphatic heterocycles. The molecule has 0 radical (unpaired) electrons. The number of ether oxygens (including phenoxy) is 1. The summed E-state index contributed by atoms with van der Waals surface area (Å²) in [5.74, 6) is 0. The molecule has 0 aromatic rings. The van der Waals surface area contributed by atoms with Crippen LogP contribution in [0, 0.1) is 0 Å². The third kappa shape index (κ3) is 2.83. The highest BCUT2D eigenvalue weighted by Gasteiger charge is 2.63. The van der Waals surface area contributed by atoms with Gasteiger partial charge in [-0.15, -0.1) is 0 Å². The second-order valence-electron chi connectivity index (χ2n) is 5.63. The minimum Gasteiger partial charge on any atom is -0.396 e. The number of hydrogen-bond donors (Lipinski definition) is 0. The summed E-state index contributed by atoms with van der Waals surface area (Å²) in [5.41, 5.74) is 0. The average Bonchev–Trinajstić information content (AvgIpc) is 2.50. The second kappa shape index (κ2) is 7.89. The van der Waals surface area contributed by atoms with Crippen LogP contribution in [0.1, 0.15) is 46.5 Å². The second-order valence-corrected chi connectivity index (χ2v) is 9.30. The van der Waals surface area contributed by atoms with Gasteiger partial charge in [-0.05, 0) is 38.4 Å². The Labute approximate surface area is 126 Å². The van der Waals surface area contributed by atoms with Crippen LogP contribution in [0.3, 0.4) is 0 Å². The summed E-state index contributed by atoms with van der Waals surface area (Å²) in [4.78, 5) is 2.53. The number of methoxy groups -OCH3 is 1. The molecular formula is C15H33NO3Si. The lowest BCUT2D eigenvalue weighted by molar-refractivity contribution is -0.0719. The minimum absolute atomic E-state index is 0.254. The molecule has 0 aromatic heterocycles. The first-order valence-corrected chi connectivity index (χ1v) is 10.0. The molecule has 0 bridgehead atoms. The number of rotatable bonds is 8. The summed E-state index contributed by atoms with van der Waals surface area (Å²) in [6.45, 7) is 8.78. The Hall–Kier alpha value is 0.0569. The van der Waals surface area contributed by atoms with E-state index in [-0.39, 0.29) is 5.22 Å². The van der Waals surface area contributed by atoms with Crippen molar-refractivity contribution in [2.75, 3.05) is 34.4 Å². The fourth-order valence-corrected chi connectivity index (χ4v) is 8.26. The van der Waals surface area contributed by atoms with Gasteiger partial charge in [-0.2, -0.15) is 0 Å². The maximum absolute atomic E-state index is 6.18. The van der Waals surface area contributed by atoms with E-state index in [0.29, 0.717) is 6.04 Å². The van der Waals surface area contributed by atoms with E-state index in [2.05, 4.69) is 25.7 Å². The lowest BCUT2D eigenvalue weighted by Crippen LogP contribution is -2.73.